The predicted octanol–water partition coefficient (Wildman–Crippen LogP) is 1.22. The quantitative estimate of drug-likeness (QED) is 0.839. The van der Waals surface area contributed by atoms with Crippen molar-refractivity contribution < 1.29 is 0 Å². The molecule has 0 aliphatic heterocycles. The third-order valence-electron chi connectivity index (χ3n) is 3.61. The normalized spacial score (nSPS) is 15.6. The van der Waals surface area contributed by atoms with E-state index in [1.807, 2.05) is 0 Å². The molecule has 1 aromatic heterocycles. The number of rotatable bonds is 6. The van der Waals surface area contributed by atoms with Gasteiger partial charge in [0.15, 0.2) is 5.82 Å². The van der Waals surface area contributed by atoms with Crippen molar-refractivity contribution in [2.45, 2.75) is 45.7 Å². The van der Waals surface area contributed by atoms with Gasteiger partial charge in [0.2, 0.25) is 0 Å². The maximum absolute atomic E-state index is 12.5. The molecule has 0 bridgehead atoms. The fourth-order valence-electron chi connectivity index (χ4n) is 2.47. The van der Waals surface area contributed by atoms with Crippen molar-refractivity contribution in [2.24, 2.45) is 11.7 Å². The molecule has 1 aliphatic carbocycles. The molecular formula is C14H24N4O. The summed E-state index contributed by atoms with van der Waals surface area (Å²) in [4.78, 5) is 18.9. The zero-order chi connectivity index (χ0) is 13.8. The van der Waals surface area contributed by atoms with Crippen molar-refractivity contribution in [1.29, 1.82) is 0 Å². The first-order valence-electron chi connectivity index (χ1n) is 7.15. The van der Waals surface area contributed by atoms with Crippen LogP contribution in [-0.4, -0.2) is 28.7 Å². The van der Waals surface area contributed by atoms with Crippen LogP contribution in [0.5, 0.6) is 0 Å². The number of hydrogen-bond acceptors (Lipinski definition) is 4. The Morgan fingerprint density at radius 3 is 2.79 bits per heavy atom. The van der Waals surface area contributed by atoms with E-state index in [0.717, 1.165) is 19.4 Å². The summed E-state index contributed by atoms with van der Waals surface area (Å²) in [6, 6.07) is 0.443. The molecule has 0 radical (unpaired) electrons. The van der Waals surface area contributed by atoms with Crippen LogP contribution in [0.25, 0.3) is 0 Å². The highest BCUT2D eigenvalue weighted by Gasteiger charge is 2.27. The predicted molar refractivity (Wildman–Crippen MR) is 77.4 cm³/mol. The molecule has 0 aromatic carbocycles. The summed E-state index contributed by atoms with van der Waals surface area (Å²) in [5.41, 5.74) is 5.68. The Balaban J connectivity index is 2.28. The summed E-state index contributed by atoms with van der Waals surface area (Å²) in [6.07, 6.45) is 7.01. The molecular weight excluding hydrogens is 240 g/mol. The van der Waals surface area contributed by atoms with E-state index >= 15 is 0 Å². The van der Waals surface area contributed by atoms with Gasteiger partial charge in [-0.15, -0.1) is 0 Å². The van der Waals surface area contributed by atoms with Crippen LogP contribution >= 0.6 is 0 Å². The maximum Gasteiger partial charge on any atom is 0.293 e. The van der Waals surface area contributed by atoms with Gasteiger partial charge in [0.05, 0.1) is 0 Å². The minimum Gasteiger partial charge on any atom is -0.348 e. The minimum atomic E-state index is 0.0107. The molecule has 0 unspecified atom stereocenters. The number of anilines is 1. The zero-order valence-electron chi connectivity index (χ0n) is 11.9. The molecule has 0 saturated heterocycles. The van der Waals surface area contributed by atoms with Crippen LogP contribution in [0.4, 0.5) is 5.82 Å². The average molecular weight is 264 g/mol. The zero-order valence-corrected chi connectivity index (χ0v) is 11.9. The summed E-state index contributed by atoms with van der Waals surface area (Å²) in [5.74, 6) is 1.01. The molecule has 2 N–H and O–H groups in total. The van der Waals surface area contributed by atoms with Gasteiger partial charge in [-0.1, -0.05) is 13.8 Å². The van der Waals surface area contributed by atoms with Crippen LogP contribution in [0.15, 0.2) is 17.2 Å². The summed E-state index contributed by atoms with van der Waals surface area (Å²) in [7, 11) is 0. The Morgan fingerprint density at radius 1 is 1.53 bits per heavy atom. The molecule has 1 aliphatic rings. The summed E-state index contributed by atoms with van der Waals surface area (Å²) >= 11 is 0. The van der Waals surface area contributed by atoms with Gasteiger partial charge < -0.3 is 15.2 Å². The molecule has 2 rings (SSSR count). The monoisotopic (exact) mass is 264 g/mol. The van der Waals surface area contributed by atoms with E-state index in [-0.39, 0.29) is 5.56 Å². The van der Waals surface area contributed by atoms with Gasteiger partial charge in [-0.25, -0.2) is 4.98 Å². The lowest BCUT2D eigenvalue weighted by Crippen LogP contribution is -2.46. The molecule has 1 saturated carbocycles. The first kappa shape index (κ1) is 14.1. The van der Waals surface area contributed by atoms with Gasteiger partial charge in [-0.3, -0.25) is 4.79 Å². The first-order chi connectivity index (χ1) is 9.13. The van der Waals surface area contributed by atoms with E-state index in [0.29, 0.717) is 30.9 Å². The van der Waals surface area contributed by atoms with Crippen molar-refractivity contribution in [3.63, 3.8) is 0 Å². The standard InChI is InChI=1S/C14H24N4O/c1-11(2)10-17-9-7-16-13(14(17)19)18(8-6-15)12-4-3-5-12/h7,9,11-12H,3-6,8,10,15H2,1-2H3. The van der Waals surface area contributed by atoms with Gasteiger partial charge in [0.1, 0.15) is 0 Å². The second kappa shape index (κ2) is 6.19. The van der Waals surface area contributed by atoms with Crippen molar-refractivity contribution >= 4 is 5.82 Å². The number of nitrogens with zero attached hydrogens (tertiary/aromatic N) is 3. The minimum absolute atomic E-state index is 0.0107. The second-order valence-electron chi connectivity index (χ2n) is 5.67. The van der Waals surface area contributed by atoms with E-state index in [2.05, 4.69) is 23.7 Å². The van der Waals surface area contributed by atoms with E-state index in [4.69, 9.17) is 5.73 Å². The molecule has 5 heteroatoms. The third-order valence-corrected chi connectivity index (χ3v) is 3.61. The molecule has 0 spiro atoms. The van der Waals surface area contributed by atoms with Crippen LogP contribution in [0.1, 0.15) is 33.1 Å². The van der Waals surface area contributed by atoms with Gasteiger partial charge in [0.25, 0.3) is 5.56 Å². The molecule has 1 aromatic rings. The second-order valence-corrected chi connectivity index (χ2v) is 5.67. The fourth-order valence-corrected chi connectivity index (χ4v) is 2.47. The Hall–Kier alpha value is -1.36. The highest BCUT2D eigenvalue weighted by Crippen LogP contribution is 2.26. The molecule has 106 valence electrons. The van der Waals surface area contributed by atoms with E-state index < -0.39 is 0 Å². The molecule has 1 fully saturated rings. The highest BCUT2D eigenvalue weighted by molar-refractivity contribution is 5.38. The van der Waals surface area contributed by atoms with Crippen LogP contribution in [0.3, 0.4) is 0 Å². The van der Waals surface area contributed by atoms with Crippen LogP contribution in [-0.2, 0) is 6.54 Å². The first-order valence-corrected chi connectivity index (χ1v) is 7.15. The number of nitrogens with two attached hydrogens (primary N) is 1. The van der Waals surface area contributed by atoms with Crippen LogP contribution in [0.2, 0.25) is 0 Å². The van der Waals surface area contributed by atoms with E-state index in [1.165, 1.54) is 6.42 Å². The van der Waals surface area contributed by atoms with Gasteiger partial charge >= 0.3 is 0 Å². The van der Waals surface area contributed by atoms with Gasteiger partial charge in [0, 0.05) is 38.1 Å². The smallest absolute Gasteiger partial charge is 0.293 e. The lowest BCUT2D eigenvalue weighted by molar-refractivity contribution is 0.383. The number of aromatic nitrogens is 2. The maximum atomic E-state index is 12.5. The van der Waals surface area contributed by atoms with Gasteiger partial charge in [-0.05, 0) is 25.2 Å². The van der Waals surface area contributed by atoms with Crippen LogP contribution in [0, 0.1) is 5.92 Å². The molecule has 19 heavy (non-hydrogen) atoms. The molecule has 0 amide bonds. The SMILES string of the molecule is CC(C)Cn1ccnc(N(CCN)C2CCC2)c1=O. The largest absolute Gasteiger partial charge is 0.348 e. The lowest BCUT2D eigenvalue weighted by Gasteiger charge is -2.37. The summed E-state index contributed by atoms with van der Waals surface area (Å²) < 4.78 is 1.76. The molecule has 5 nitrogen and oxygen atoms in total. The topological polar surface area (TPSA) is 64.2 Å². The van der Waals surface area contributed by atoms with Crippen molar-refractivity contribution in [3.8, 4) is 0 Å². The third kappa shape index (κ3) is 3.15. The Morgan fingerprint density at radius 2 is 2.26 bits per heavy atom. The van der Waals surface area contributed by atoms with Crippen molar-refractivity contribution in [3.05, 3.63) is 22.7 Å². The highest BCUT2D eigenvalue weighted by atomic mass is 16.1. The van der Waals surface area contributed by atoms with E-state index in [1.54, 1.807) is 17.0 Å². The van der Waals surface area contributed by atoms with Crippen LogP contribution < -0.4 is 16.2 Å². The van der Waals surface area contributed by atoms with Gasteiger partial charge in [-0.2, -0.15) is 0 Å². The van der Waals surface area contributed by atoms with Crippen molar-refractivity contribution in [2.75, 3.05) is 18.0 Å². The number of hydrogen-bond donors (Lipinski definition) is 1. The Labute approximate surface area is 114 Å². The Bertz CT molecular complexity index is 465. The Kier molecular flexibility index (Phi) is 4.58. The summed E-state index contributed by atoms with van der Waals surface area (Å²) in [5, 5.41) is 0. The van der Waals surface area contributed by atoms with Crippen molar-refractivity contribution in [1.82, 2.24) is 9.55 Å². The summed E-state index contributed by atoms with van der Waals surface area (Å²) in [6.45, 7) is 6.21. The lowest BCUT2D eigenvalue weighted by atomic mass is 9.91. The fraction of sp³-hybridized carbons (Fsp3) is 0.714. The molecule has 1 heterocycles. The van der Waals surface area contributed by atoms with E-state index in [9.17, 15) is 4.79 Å². The molecule has 0 atom stereocenters. The average Bonchev–Trinajstić information content (AvgIpc) is 2.28.